The van der Waals surface area contributed by atoms with E-state index >= 15 is 0 Å². The number of fused-ring (bicyclic) bond motifs is 3. The van der Waals surface area contributed by atoms with Crippen molar-refractivity contribution in [2.45, 2.75) is 83.0 Å². The second kappa shape index (κ2) is 37.3. The van der Waals surface area contributed by atoms with Crippen LogP contribution in [0.3, 0.4) is 0 Å². The Morgan fingerprint density at radius 2 is 0.831 bits per heavy atom. The van der Waals surface area contributed by atoms with Crippen LogP contribution in [-0.2, 0) is 19.1 Å². The van der Waals surface area contributed by atoms with E-state index in [1.54, 1.807) is 122 Å². The predicted octanol–water partition coefficient (Wildman–Crippen LogP) is 16.2. The molecule has 4 fully saturated rings. The van der Waals surface area contributed by atoms with Crippen LogP contribution < -0.4 is 42.6 Å². The number of halogens is 3. The molecule has 118 heavy (non-hydrogen) atoms. The molecule has 4 aliphatic rings. The summed E-state index contributed by atoms with van der Waals surface area (Å²) < 4.78 is 105. The number of carbonyl (C=O) groups excluding carboxylic acids is 3. The number of likely N-dealkylation sites (tertiary alicyclic amines) is 3. The third kappa shape index (κ3) is 17.7. The number of aliphatic hydroxyl groups excluding tert-OH is 1. The number of nitrogens with zero attached hydrogens (tertiary/aromatic N) is 12. The predicted molar refractivity (Wildman–Crippen MR) is 437 cm³/mol. The first-order chi connectivity index (χ1) is 57.5. The first-order valence-corrected chi connectivity index (χ1v) is 39.0. The van der Waals surface area contributed by atoms with Crippen LogP contribution in [0.15, 0.2) is 190 Å². The molecule has 1 N–H and O–H groups in total. The molecule has 6 aromatic carbocycles. The van der Waals surface area contributed by atoms with Crippen molar-refractivity contribution < 1.29 is 80.0 Å². The maximum Gasteiger partial charge on any atom is 0.246 e. The third-order valence-corrected chi connectivity index (χ3v) is 21.0. The number of aromatic nitrogens is 9. The number of benzene rings is 6. The first kappa shape index (κ1) is 81.5. The Balaban J connectivity index is 0.000000146. The molecule has 0 radical (unpaired) electrons. The maximum atomic E-state index is 14.6. The number of aliphatic hydroxyl groups is 1. The minimum Gasteiger partial charge on any atom is -0.494 e. The normalized spacial score (nSPS) is 16.6. The largest absolute Gasteiger partial charge is 0.494 e. The number of ether oxygens (including phenoxy) is 10. The molecule has 0 bridgehead atoms. The zero-order chi connectivity index (χ0) is 82.5. The molecule has 6 aromatic heterocycles. The number of piperidine rings is 3. The van der Waals surface area contributed by atoms with Gasteiger partial charge in [0.25, 0.3) is 0 Å². The minimum absolute atomic E-state index is 0.0117. The van der Waals surface area contributed by atoms with Crippen molar-refractivity contribution in [2.24, 2.45) is 5.92 Å². The van der Waals surface area contributed by atoms with Crippen molar-refractivity contribution in [1.82, 2.24) is 59.0 Å². The fraction of sp³-hybridized carbons (Fsp3) is 0.315. The molecule has 612 valence electrons. The average Bonchev–Trinajstić information content (AvgIpc) is 1.61. The minimum atomic E-state index is -0.577. The molecule has 26 nitrogen and oxygen atoms in total. The van der Waals surface area contributed by atoms with Gasteiger partial charge < -0.3 is 67.2 Å². The lowest BCUT2D eigenvalue weighted by Gasteiger charge is -2.34. The van der Waals surface area contributed by atoms with Gasteiger partial charge in [0.1, 0.15) is 63.6 Å². The molecule has 2 unspecified atom stereocenters. The van der Waals surface area contributed by atoms with Gasteiger partial charge in [-0.2, -0.15) is 28.5 Å². The Hall–Kier alpha value is -13.0. The highest BCUT2D eigenvalue weighted by molar-refractivity contribution is 5.98. The smallest absolute Gasteiger partial charge is 0.246 e. The molecule has 29 heteroatoms. The first-order valence-electron chi connectivity index (χ1n) is 39.0. The Kier molecular flexibility index (Phi) is 25.8. The average molecular weight is 1610 g/mol. The second-order valence-corrected chi connectivity index (χ2v) is 28.9. The molecule has 16 rings (SSSR count). The topological polar surface area (TPSA) is 266 Å². The molecular weight excluding hydrogens is 1520 g/mol. The molecule has 0 aliphatic carbocycles. The molecule has 4 atom stereocenters. The molecule has 4 aliphatic heterocycles. The van der Waals surface area contributed by atoms with Gasteiger partial charge in [-0.1, -0.05) is 45.2 Å². The Bertz CT molecular complexity index is 5580. The van der Waals surface area contributed by atoms with Crippen LogP contribution in [0.1, 0.15) is 76.9 Å². The molecule has 10 heterocycles. The zero-order valence-corrected chi connectivity index (χ0v) is 66.3. The number of methoxy groups -OCH3 is 4. The molecule has 0 spiro atoms. The van der Waals surface area contributed by atoms with Crippen LogP contribution in [0, 0.1) is 23.4 Å². The Morgan fingerprint density at radius 1 is 0.475 bits per heavy atom. The summed E-state index contributed by atoms with van der Waals surface area (Å²) in [6.07, 6.45) is 18.9. The molecule has 4 saturated heterocycles. The van der Waals surface area contributed by atoms with Crippen LogP contribution >= 0.6 is 0 Å². The van der Waals surface area contributed by atoms with Crippen LogP contribution in [0.25, 0.3) is 66.5 Å². The summed E-state index contributed by atoms with van der Waals surface area (Å²) in [5, 5.41) is 26.9. The van der Waals surface area contributed by atoms with Crippen molar-refractivity contribution >= 4 is 50.4 Å². The third-order valence-electron chi connectivity index (χ3n) is 21.0. The van der Waals surface area contributed by atoms with Gasteiger partial charge in [-0.3, -0.25) is 43.4 Å². The van der Waals surface area contributed by atoms with E-state index in [4.69, 9.17) is 62.7 Å². The number of carbonyl (C=O) groups is 3. The summed E-state index contributed by atoms with van der Waals surface area (Å²) in [7, 11) is 5.84. The van der Waals surface area contributed by atoms with E-state index in [1.807, 2.05) is 74.1 Å². The fourth-order valence-corrected chi connectivity index (χ4v) is 15.2. The van der Waals surface area contributed by atoms with E-state index < -0.39 is 17.5 Å². The van der Waals surface area contributed by atoms with Gasteiger partial charge in [0.05, 0.1) is 101 Å². The van der Waals surface area contributed by atoms with Gasteiger partial charge in [-0.25, -0.2) is 0 Å². The number of hydrogen-bond donors (Lipinski definition) is 1. The van der Waals surface area contributed by atoms with Crippen LogP contribution in [0.4, 0.5) is 13.2 Å². The summed E-state index contributed by atoms with van der Waals surface area (Å²) in [4.78, 5) is 56.2. The lowest BCUT2D eigenvalue weighted by atomic mass is 10.0. The SMILES string of the molecule is C=CC(=O)N1CCC[C@@H](n2nc(-c3ccc(Oc4cccc(OC)c4F)cc3)c3cncc(OC4CCOC4)c32)C1.C=CC(=O)N1CCC[C@@H](n2nc(-c3ccc(Oc4cccc(OC)c4F)cc3)c3cncc(OCCO)c32)C1.COc1cccc(Oc2ccc(-c3nn(C4CCCN(C(=O)C(C)C)C4)c4c(OC)cncc34)cc2)c1F. The van der Waals surface area contributed by atoms with Gasteiger partial charge in [-0.15, -0.1) is 0 Å². The summed E-state index contributed by atoms with van der Waals surface area (Å²) in [5.74, 6) is 1.92. The van der Waals surface area contributed by atoms with Crippen molar-refractivity contribution in [3.63, 3.8) is 0 Å². The van der Waals surface area contributed by atoms with Gasteiger partial charge in [0.15, 0.2) is 51.7 Å². The number of hydrogen-bond acceptors (Lipinski definition) is 20. The van der Waals surface area contributed by atoms with Gasteiger partial charge in [0, 0.05) is 86.9 Å². The monoisotopic (exact) mass is 1610 g/mol. The van der Waals surface area contributed by atoms with Gasteiger partial charge >= 0.3 is 0 Å². The standard InChI is InChI=1S/C31H31FN4O5.C29H29FN4O5.C29H31FN4O4/c1-3-28(37)35-14-5-6-21(18-35)36-31-24(16-33-17-27(31)41-23-13-15-39-19-23)30(34-36)20-9-11-22(12-10-20)40-26-8-4-7-25(38-2)29(26)32;1-3-26(36)33-13-5-6-20(18-33)34-29-22(16-31-17-25(29)38-15-14-35)28(32-34)19-9-11-21(12-10-19)39-24-8-4-7-23(37-2)27(24)30;1-18(2)29(35)33-14-6-7-20(17-33)34-28-22(15-31-16-25(28)37-4)27(32-34)19-10-12-21(13-11-19)38-24-9-5-8-23(36-3)26(24)30/h3-4,7-12,16-17,21,23H,1,5-6,13-15,18-19H2,2H3;3-4,7-12,16-17,20,35H,1,5-6,13-15,18H2,2H3;5,8-13,15-16,18,20H,6-7,14,17H2,1-4H3/t21-,23?;20-;/m11./s1. The maximum absolute atomic E-state index is 14.6. The van der Waals surface area contributed by atoms with Crippen LogP contribution in [0.2, 0.25) is 0 Å². The molecule has 12 aromatic rings. The van der Waals surface area contributed by atoms with E-state index in [1.165, 1.54) is 51.7 Å². The number of amides is 3. The van der Waals surface area contributed by atoms with E-state index in [-0.39, 0.29) is 95.6 Å². The lowest BCUT2D eigenvalue weighted by molar-refractivity contribution is -0.136. The van der Waals surface area contributed by atoms with Gasteiger partial charge in [0.2, 0.25) is 35.2 Å². The Labute approximate surface area is 679 Å². The summed E-state index contributed by atoms with van der Waals surface area (Å²) in [6, 6.07) is 35.9. The van der Waals surface area contributed by atoms with E-state index in [0.29, 0.717) is 86.1 Å². The highest BCUT2D eigenvalue weighted by atomic mass is 19.1. The zero-order valence-electron chi connectivity index (χ0n) is 66.3. The van der Waals surface area contributed by atoms with Crippen molar-refractivity contribution in [3.8, 4) is 103 Å². The van der Waals surface area contributed by atoms with Crippen molar-refractivity contribution in [3.05, 3.63) is 207 Å². The summed E-state index contributed by atoms with van der Waals surface area (Å²) in [5.41, 5.74) is 7.07. The van der Waals surface area contributed by atoms with Crippen molar-refractivity contribution in [2.75, 3.05) is 94.1 Å². The van der Waals surface area contributed by atoms with Crippen LogP contribution in [-0.4, -0.2) is 182 Å². The highest BCUT2D eigenvalue weighted by Crippen LogP contribution is 2.44. The molecule has 0 saturated carbocycles. The second-order valence-electron chi connectivity index (χ2n) is 28.9. The van der Waals surface area contributed by atoms with E-state index in [2.05, 4.69) is 28.1 Å². The van der Waals surface area contributed by atoms with Gasteiger partial charge in [-0.05, 0) is 160 Å². The van der Waals surface area contributed by atoms with Crippen LogP contribution in [0.5, 0.6) is 69.0 Å². The molecule has 3 amide bonds. The molecular formula is C89H91F3N12O14. The quantitative estimate of drug-likeness (QED) is 0.0551. The summed E-state index contributed by atoms with van der Waals surface area (Å²) in [6.45, 7) is 16.0. The number of pyridine rings is 3. The highest BCUT2D eigenvalue weighted by Gasteiger charge is 2.34. The Morgan fingerprint density at radius 3 is 1.19 bits per heavy atom. The summed E-state index contributed by atoms with van der Waals surface area (Å²) >= 11 is 0. The number of rotatable bonds is 24. The van der Waals surface area contributed by atoms with E-state index in [0.717, 1.165) is 112 Å². The van der Waals surface area contributed by atoms with E-state index in [9.17, 15) is 32.7 Å². The fourth-order valence-electron chi connectivity index (χ4n) is 15.2. The lowest BCUT2D eigenvalue weighted by Crippen LogP contribution is -2.42. The van der Waals surface area contributed by atoms with Crippen molar-refractivity contribution in [1.29, 1.82) is 0 Å².